The third kappa shape index (κ3) is 6.11. The minimum absolute atomic E-state index is 0.0153. The lowest BCUT2D eigenvalue weighted by Crippen LogP contribution is -2.50. The molecular formula is C29H26F8N2O3S. The smallest absolute Gasteiger partial charge is 0.356 e. The SMILES string of the molecule is O=C(NCCc1ccncc1)C1CCC(c2ccc(C(F)(C(F)(F)F)C(F)(F)F)cc2)(S(=O)(=O)c2ccc(F)cc2)CC1. The molecule has 0 atom stereocenters. The van der Waals surface area contributed by atoms with E-state index < -0.39 is 49.9 Å². The number of nitrogens with one attached hydrogen (secondary N) is 1. The third-order valence-electron chi connectivity index (χ3n) is 7.85. The number of amides is 1. The van der Waals surface area contributed by atoms with Crippen molar-refractivity contribution >= 4 is 15.7 Å². The molecule has 0 spiro atoms. The maximum atomic E-state index is 14.6. The van der Waals surface area contributed by atoms with Crippen molar-refractivity contribution in [3.05, 3.63) is 95.6 Å². The molecule has 4 rings (SSSR count). The highest BCUT2D eigenvalue weighted by atomic mass is 32.2. The van der Waals surface area contributed by atoms with Crippen LogP contribution in [0.5, 0.6) is 0 Å². The molecule has 1 saturated carbocycles. The van der Waals surface area contributed by atoms with E-state index in [2.05, 4.69) is 10.3 Å². The minimum Gasteiger partial charge on any atom is -0.356 e. The van der Waals surface area contributed by atoms with Crippen LogP contribution in [0.4, 0.5) is 35.1 Å². The summed E-state index contributed by atoms with van der Waals surface area (Å²) < 4.78 is 134. The number of carbonyl (C=O) groups is 1. The summed E-state index contributed by atoms with van der Waals surface area (Å²) in [5.74, 6) is -1.69. The maximum absolute atomic E-state index is 14.6. The number of carbonyl (C=O) groups excluding carboxylic acids is 1. The predicted molar refractivity (Wildman–Crippen MR) is 140 cm³/mol. The third-order valence-corrected chi connectivity index (χ3v) is 10.4. The molecule has 1 aliphatic carbocycles. The molecule has 1 amide bonds. The van der Waals surface area contributed by atoms with Crippen LogP contribution >= 0.6 is 0 Å². The van der Waals surface area contributed by atoms with Gasteiger partial charge in [-0.25, -0.2) is 17.2 Å². The standard InChI is InChI=1S/C29H26F8N2O3S/c30-23-5-7-24(8-6-23)43(41,42)26(21-1-3-22(4-2-21)27(31,28(32,33)34)29(35,36)37)14-9-20(10-15-26)25(40)39-18-13-19-11-16-38-17-12-19/h1-8,11-12,16-17,20H,9-10,13-15,18H2,(H,39,40). The van der Waals surface area contributed by atoms with Gasteiger partial charge in [0.2, 0.25) is 5.91 Å². The topological polar surface area (TPSA) is 76.1 Å². The van der Waals surface area contributed by atoms with Gasteiger partial charge in [0.15, 0.2) is 9.84 Å². The van der Waals surface area contributed by atoms with Crippen molar-refractivity contribution in [1.29, 1.82) is 0 Å². The van der Waals surface area contributed by atoms with E-state index in [1.54, 1.807) is 24.5 Å². The first kappa shape index (κ1) is 32.4. The second kappa shape index (κ2) is 11.9. The zero-order chi connectivity index (χ0) is 31.7. The number of benzene rings is 2. The van der Waals surface area contributed by atoms with Crippen molar-refractivity contribution in [1.82, 2.24) is 10.3 Å². The second-order valence-corrected chi connectivity index (χ2v) is 12.6. The Labute approximate surface area is 242 Å². The molecule has 1 fully saturated rings. The Hall–Kier alpha value is -3.55. The molecule has 1 aromatic heterocycles. The molecular weight excluding hydrogens is 608 g/mol. The lowest BCUT2D eigenvalue weighted by molar-refractivity contribution is -0.348. The molecule has 1 aliphatic rings. The fourth-order valence-corrected chi connectivity index (χ4v) is 7.58. The van der Waals surface area contributed by atoms with E-state index in [1.165, 1.54) is 0 Å². The van der Waals surface area contributed by atoms with Gasteiger partial charge in [-0.05, 0) is 79.6 Å². The van der Waals surface area contributed by atoms with E-state index in [9.17, 15) is 48.3 Å². The van der Waals surface area contributed by atoms with Crippen LogP contribution in [0.3, 0.4) is 0 Å². The van der Waals surface area contributed by atoms with E-state index in [0.717, 1.165) is 42.0 Å². The Balaban J connectivity index is 1.64. The average molecular weight is 635 g/mol. The van der Waals surface area contributed by atoms with Crippen molar-refractivity contribution in [2.75, 3.05) is 6.54 Å². The first-order chi connectivity index (χ1) is 20.0. The van der Waals surface area contributed by atoms with Gasteiger partial charge in [-0.15, -0.1) is 0 Å². The van der Waals surface area contributed by atoms with Gasteiger partial charge >= 0.3 is 18.0 Å². The van der Waals surface area contributed by atoms with E-state index >= 15 is 0 Å². The highest BCUT2D eigenvalue weighted by Crippen LogP contribution is 2.54. The molecule has 0 bridgehead atoms. The molecule has 3 aromatic rings. The predicted octanol–water partition coefficient (Wildman–Crippen LogP) is 6.73. The molecule has 1 heterocycles. The minimum atomic E-state index is -6.34. The number of halogens is 8. The summed E-state index contributed by atoms with van der Waals surface area (Å²) in [6, 6.07) is 9.37. The first-order valence-corrected chi connectivity index (χ1v) is 14.6. The van der Waals surface area contributed by atoms with Crippen molar-refractivity contribution < 1.29 is 48.3 Å². The maximum Gasteiger partial charge on any atom is 0.435 e. The van der Waals surface area contributed by atoms with Crippen LogP contribution in [0.1, 0.15) is 42.4 Å². The number of alkyl halides is 7. The molecule has 0 saturated heterocycles. The van der Waals surface area contributed by atoms with Crippen LogP contribution in [0.15, 0.2) is 78.0 Å². The summed E-state index contributed by atoms with van der Waals surface area (Å²) in [4.78, 5) is 16.4. The summed E-state index contributed by atoms with van der Waals surface area (Å²) in [5, 5.41) is 2.79. The Morgan fingerprint density at radius 2 is 1.37 bits per heavy atom. The monoisotopic (exact) mass is 634 g/mol. The van der Waals surface area contributed by atoms with Crippen molar-refractivity contribution in [3.63, 3.8) is 0 Å². The second-order valence-electron chi connectivity index (χ2n) is 10.4. The number of nitrogens with zero attached hydrogens (tertiary/aromatic N) is 1. The average Bonchev–Trinajstić information content (AvgIpc) is 2.96. The molecule has 2 aromatic carbocycles. The van der Waals surface area contributed by atoms with Gasteiger partial charge in [0.1, 0.15) is 10.6 Å². The molecule has 43 heavy (non-hydrogen) atoms. The van der Waals surface area contributed by atoms with Gasteiger partial charge in [0.25, 0.3) is 0 Å². The normalized spacial score (nSPS) is 20.0. The van der Waals surface area contributed by atoms with Crippen LogP contribution in [0.2, 0.25) is 0 Å². The number of sulfone groups is 1. The van der Waals surface area contributed by atoms with Gasteiger partial charge in [-0.1, -0.05) is 24.3 Å². The van der Waals surface area contributed by atoms with Gasteiger partial charge in [-0.2, -0.15) is 26.3 Å². The molecule has 232 valence electrons. The summed E-state index contributed by atoms with van der Waals surface area (Å²) in [6.45, 7) is 0.295. The van der Waals surface area contributed by atoms with E-state index in [-0.39, 0.29) is 54.2 Å². The fraction of sp³-hybridized carbons (Fsp3) is 0.379. The first-order valence-electron chi connectivity index (χ1n) is 13.1. The Kier molecular flexibility index (Phi) is 8.92. The van der Waals surface area contributed by atoms with Crippen molar-refractivity contribution in [2.24, 2.45) is 5.92 Å². The number of hydrogen-bond acceptors (Lipinski definition) is 4. The van der Waals surface area contributed by atoms with E-state index in [4.69, 9.17) is 0 Å². The van der Waals surface area contributed by atoms with E-state index in [0.29, 0.717) is 13.0 Å². The lowest BCUT2D eigenvalue weighted by Gasteiger charge is -2.40. The molecule has 5 nitrogen and oxygen atoms in total. The summed E-state index contributed by atoms with van der Waals surface area (Å²) in [6.07, 6.45) is -9.38. The zero-order valence-electron chi connectivity index (χ0n) is 22.4. The number of rotatable bonds is 8. The summed E-state index contributed by atoms with van der Waals surface area (Å²) in [7, 11) is -4.44. The van der Waals surface area contributed by atoms with Crippen LogP contribution in [0, 0.1) is 11.7 Å². The molecule has 14 heteroatoms. The largest absolute Gasteiger partial charge is 0.435 e. The van der Waals surface area contributed by atoms with E-state index in [1.807, 2.05) is 0 Å². The van der Waals surface area contributed by atoms with Crippen LogP contribution < -0.4 is 5.32 Å². The number of hydrogen-bond donors (Lipinski definition) is 1. The Bertz CT molecular complexity index is 1500. The molecule has 0 radical (unpaired) electrons. The Morgan fingerprint density at radius 1 is 0.837 bits per heavy atom. The highest BCUT2D eigenvalue weighted by molar-refractivity contribution is 7.92. The zero-order valence-corrected chi connectivity index (χ0v) is 23.2. The number of aromatic nitrogens is 1. The van der Waals surface area contributed by atoms with Crippen LogP contribution in [0.25, 0.3) is 0 Å². The lowest BCUT2D eigenvalue weighted by atomic mass is 9.77. The van der Waals surface area contributed by atoms with Crippen LogP contribution in [-0.4, -0.2) is 38.2 Å². The quantitative estimate of drug-likeness (QED) is 0.220. The molecule has 1 N–H and O–H groups in total. The Morgan fingerprint density at radius 3 is 1.88 bits per heavy atom. The number of pyridine rings is 1. The van der Waals surface area contributed by atoms with Crippen molar-refractivity contribution in [2.45, 2.75) is 59.8 Å². The van der Waals surface area contributed by atoms with Gasteiger partial charge < -0.3 is 5.32 Å². The molecule has 0 aliphatic heterocycles. The molecule has 0 unspecified atom stereocenters. The summed E-state index contributed by atoms with van der Waals surface area (Å²) >= 11 is 0. The summed E-state index contributed by atoms with van der Waals surface area (Å²) in [5.41, 5.74) is -6.69. The van der Waals surface area contributed by atoms with Crippen LogP contribution in [-0.2, 0) is 31.5 Å². The van der Waals surface area contributed by atoms with Gasteiger partial charge in [0, 0.05) is 30.4 Å². The van der Waals surface area contributed by atoms with Gasteiger partial charge in [-0.3, -0.25) is 9.78 Å². The fourth-order valence-electron chi connectivity index (χ4n) is 5.41. The van der Waals surface area contributed by atoms with Gasteiger partial charge in [0.05, 0.1) is 4.90 Å². The highest BCUT2D eigenvalue weighted by Gasteiger charge is 2.73. The van der Waals surface area contributed by atoms with Crippen molar-refractivity contribution in [3.8, 4) is 0 Å².